The fourth-order valence-electron chi connectivity index (χ4n) is 1.52. The van der Waals surface area contributed by atoms with E-state index >= 15 is 0 Å². The molecule has 0 atom stereocenters. The molecule has 7 heteroatoms. The van der Waals surface area contributed by atoms with Crippen LogP contribution in [0.2, 0.25) is 5.02 Å². The van der Waals surface area contributed by atoms with Crippen LogP contribution in [0.5, 0.6) is 0 Å². The van der Waals surface area contributed by atoms with Crippen molar-refractivity contribution < 1.29 is 14.0 Å². The molecule has 2 aromatic carbocycles. The van der Waals surface area contributed by atoms with E-state index in [2.05, 4.69) is 10.9 Å². The van der Waals surface area contributed by atoms with Crippen molar-refractivity contribution in [2.24, 2.45) is 0 Å². The Hall–Kier alpha value is -2.05. The van der Waals surface area contributed by atoms with Crippen LogP contribution in [0.25, 0.3) is 0 Å². The van der Waals surface area contributed by atoms with E-state index in [1.807, 2.05) is 0 Å². The van der Waals surface area contributed by atoms with Crippen LogP contribution in [0.3, 0.4) is 0 Å². The minimum Gasteiger partial charge on any atom is -0.272 e. The smallest absolute Gasteiger partial charge is 0.269 e. The van der Waals surface area contributed by atoms with Gasteiger partial charge in [0.05, 0.1) is 5.75 Å². The summed E-state index contributed by atoms with van der Waals surface area (Å²) in [6.45, 7) is 0. The van der Waals surface area contributed by atoms with Gasteiger partial charge in [0, 0.05) is 15.5 Å². The summed E-state index contributed by atoms with van der Waals surface area (Å²) < 4.78 is 12.7. The average molecular weight is 339 g/mol. The average Bonchev–Trinajstić information content (AvgIpc) is 2.52. The molecule has 0 spiro atoms. The molecule has 0 aliphatic rings. The Morgan fingerprint density at radius 1 is 1.00 bits per heavy atom. The Morgan fingerprint density at radius 3 is 2.27 bits per heavy atom. The molecule has 2 rings (SSSR count). The third-order valence-corrected chi connectivity index (χ3v) is 3.87. The summed E-state index contributed by atoms with van der Waals surface area (Å²) >= 11 is 7.08. The standard InChI is InChI=1S/C15H12ClFN2O2S/c16-11-3-7-13(8-4-11)22-9-14(20)18-19-15(21)10-1-5-12(17)6-2-10/h1-8H,9H2,(H,18,20)(H,19,21). The molecule has 2 aromatic rings. The minimum absolute atomic E-state index is 0.144. The molecule has 0 aliphatic heterocycles. The normalized spacial score (nSPS) is 10.1. The lowest BCUT2D eigenvalue weighted by atomic mass is 10.2. The maximum Gasteiger partial charge on any atom is 0.269 e. The van der Waals surface area contributed by atoms with Crippen molar-refractivity contribution in [3.63, 3.8) is 0 Å². The second kappa shape index (κ2) is 7.82. The molecule has 114 valence electrons. The van der Waals surface area contributed by atoms with Gasteiger partial charge in [0.15, 0.2) is 0 Å². The van der Waals surface area contributed by atoms with Crippen LogP contribution in [0.1, 0.15) is 10.4 Å². The maximum atomic E-state index is 12.7. The highest BCUT2D eigenvalue weighted by atomic mass is 35.5. The second-order valence-electron chi connectivity index (χ2n) is 4.25. The fourth-order valence-corrected chi connectivity index (χ4v) is 2.34. The molecule has 4 nitrogen and oxygen atoms in total. The predicted octanol–water partition coefficient (Wildman–Crippen LogP) is 3.03. The van der Waals surface area contributed by atoms with Crippen molar-refractivity contribution in [3.05, 3.63) is 64.9 Å². The zero-order valence-electron chi connectivity index (χ0n) is 11.3. The van der Waals surface area contributed by atoms with Crippen LogP contribution in [0.4, 0.5) is 4.39 Å². The first-order chi connectivity index (χ1) is 10.5. The molecular weight excluding hydrogens is 327 g/mol. The van der Waals surface area contributed by atoms with Crippen LogP contribution < -0.4 is 10.9 Å². The van der Waals surface area contributed by atoms with Crippen molar-refractivity contribution in [1.82, 2.24) is 10.9 Å². The summed E-state index contributed by atoms with van der Waals surface area (Å²) in [6.07, 6.45) is 0. The molecule has 0 bridgehead atoms. The van der Waals surface area contributed by atoms with Gasteiger partial charge in [-0.3, -0.25) is 20.4 Å². The zero-order chi connectivity index (χ0) is 15.9. The summed E-state index contributed by atoms with van der Waals surface area (Å²) in [5.74, 6) is -1.15. The zero-order valence-corrected chi connectivity index (χ0v) is 12.9. The van der Waals surface area contributed by atoms with Gasteiger partial charge in [-0.15, -0.1) is 11.8 Å². The van der Waals surface area contributed by atoms with E-state index < -0.39 is 11.7 Å². The Kier molecular flexibility index (Phi) is 5.80. The first-order valence-electron chi connectivity index (χ1n) is 6.28. The van der Waals surface area contributed by atoms with Crippen molar-refractivity contribution in [2.45, 2.75) is 4.90 Å². The third kappa shape index (κ3) is 5.05. The quantitative estimate of drug-likeness (QED) is 0.665. The Morgan fingerprint density at radius 2 is 1.64 bits per heavy atom. The van der Waals surface area contributed by atoms with Gasteiger partial charge in [0.25, 0.3) is 5.91 Å². The van der Waals surface area contributed by atoms with Crippen molar-refractivity contribution in [2.75, 3.05) is 5.75 Å². The lowest BCUT2D eigenvalue weighted by Crippen LogP contribution is -2.42. The molecule has 0 saturated carbocycles. The van der Waals surface area contributed by atoms with Gasteiger partial charge >= 0.3 is 0 Å². The Bertz CT molecular complexity index is 662. The van der Waals surface area contributed by atoms with E-state index in [0.717, 1.165) is 4.90 Å². The van der Waals surface area contributed by atoms with Crippen LogP contribution >= 0.6 is 23.4 Å². The topological polar surface area (TPSA) is 58.2 Å². The number of carbonyl (C=O) groups excluding carboxylic acids is 2. The molecule has 2 N–H and O–H groups in total. The number of halogens is 2. The highest BCUT2D eigenvalue weighted by Gasteiger charge is 2.08. The Labute approximate surface area is 136 Å². The summed E-state index contributed by atoms with van der Waals surface area (Å²) in [5, 5.41) is 0.625. The summed E-state index contributed by atoms with van der Waals surface area (Å²) in [4.78, 5) is 24.2. The number of carbonyl (C=O) groups is 2. The highest BCUT2D eigenvalue weighted by Crippen LogP contribution is 2.19. The molecule has 0 fully saturated rings. The third-order valence-electron chi connectivity index (χ3n) is 2.61. The largest absolute Gasteiger partial charge is 0.272 e. The predicted molar refractivity (Wildman–Crippen MR) is 84.2 cm³/mol. The molecule has 22 heavy (non-hydrogen) atoms. The number of amides is 2. The number of benzene rings is 2. The van der Waals surface area contributed by atoms with Crippen LogP contribution in [0, 0.1) is 5.82 Å². The number of hydrogen-bond donors (Lipinski definition) is 2. The summed E-state index contributed by atoms with van der Waals surface area (Å²) in [6, 6.07) is 12.1. The second-order valence-corrected chi connectivity index (χ2v) is 5.74. The number of thioether (sulfide) groups is 1. The number of rotatable bonds is 4. The van der Waals surface area contributed by atoms with Gasteiger partial charge in [-0.1, -0.05) is 11.6 Å². The van der Waals surface area contributed by atoms with Crippen molar-refractivity contribution in [1.29, 1.82) is 0 Å². The lowest BCUT2D eigenvalue weighted by molar-refractivity contribution is -0.119. The number of nitrogens with one attached hydrogen (secondary N) is 2. The van der Waals surface area contributed by atoms with E-state index in [-0.39, 0.29) is 17.2 Å². The SMILES string of the molecule is O=C(CSc1ccc(Cl)cc1)NNC(=O)c1ccc(F)cc1. The summed E-state index contributed by atoms with van der Waals surface area (Å²) in [5.41, 5.74) is 4.82. The number of hydrazine groups is 1. The van der Waals surface area contributed by atoms with Gasteiger partial charge in [0.1, 0.15) is 5.82 Å². The van der Waals surface area contributed by atoms with E-state index in [4.69, 9.17) is 11.6 Å². The van der Waals surface area contributed by atoms with Gasteiger partial charge in [-0.2, -0.15) is 0 Å². The number of hydrogen-bond acceptors (Lipinski definition) is 3. The first kappa shape index (κ1) is 16.3. The van der Waals surface area contributed by atoms with Crippen LogP contribution in [-0.2, 0) is 4.79 Å². The monoisotopic (exact) mass is 338 g/mol. The van der Waals surface area contributed by atoms with Crippen LogP contribution in [0.15, 0.2) is 53.4 Å². The van der Waals surface area contributed by atoms with Crippen molar-refractivity contribution in [3.8, 4) is 0 Å². The molecule has 0 heterocycles. The first-order valence-corrected chi connectivity index (χ1v) is 7.64. The molecule has 0 unspecified atom stereocenters. The van der Waals surface area contributed by atoms with E-state index in [9.17, 15) is 14.0 Å². The molecule has 0 saturated heterocycles. The lowest BCUT2D eigenvalue weighted by Gasteiger charge is -2.07. The minimum atomic E-state index is -0.509. The van der Waals surface area contributed by atoms with E-state index in [0.29, 0.717) is 5.02 Å². The molecule has 0 aliphatic carbocycles. The van der Waals surface area contributed by atoms with Gasteiger partial charge in [-0.25, -0.2) is 4.39 Å². The van der Waals surface area contributed by atoms with Gasteiger partial charge in [0.2, 0.25) is 5.91 Å². The molecule has 0 radical (unpaired) electrons. The van der Waals surface area contributed by atoms with Gasteiger partial charge < -0.3 is 0 Å². The highest BCUT2D eigenvalue weighted by molar-refractivity contribution is 8.00. The van der Waals surface area contributed by atoms with Crippen LogP contribution in [-0.4, -0.2) is 17.6 Å². The molecule has 0 aromatic heterocycles. The molecule has 2 amide bonds. The summed E-state index contributed by atoms with van der Waals surface area (Å²) in [7, 11) is 0. The molecular formula is C15H12ClFN2O2S. The van der Waals surface area contributed by atoms with Gasteiger partial charge in [-0.05, 0) is 48.5 Å². The fraction of sp³-hybridized carbons (Fsp3) is 0.0667. The maximum absolute atomic E-state index is 12.7. The van der Waals surface area contributed by atoms with Crippen molar-refractivity contribution >= 4 is 35.2 Å². The Balaban J connectivity index is 1.76. The van der Waals surface area contributed by atoms with E-state index in [1.165, 1.54) is 36.0 Å². The van der Waals surface area contributed by atoms with E-state index in [1.54, 1.807) is 24.3 Å².